The molecule has 0 aliphatic carbocycles. The molecule has 5 N–H and O–H groups in total. The zero-order valence-corrected chi connectivity index (χ0v) is 21.8. The topological polar surface area (TPSA) is 160 Å². The number of benzene rings is 2. The Balaban J connectivity index is 1.38. The predicted molar refractivity (Wildman–Crippen MR) is 154 cm³/mol. The first-order valence-electron chi connectivity index (χ1n) is 12.9. The van der Waals surface area contributed by atoms with E-state index < -0.39 is 5.56 Å². The zero-order chi connectivity index (χ0) is 28.1. The van der Waals surface area contributed by atoms with Crippen LogP contribution < -0.4 is 21.1 Å². The molecule has 1 fully saturated rings. The maximum absolute atomic E-state index is 12.8. The average molecular weight is 543 g/mol. The monoisotopic (exact) mass is 542 g/mol. The summed E-state index contributed by atoms with van der Waals surface area (Å²) in [6.07, 6.45) is 2.58. The van der Waals surface area contributed by atoms with Gasteiger partial charge in [0.1, 0.15) is 11.2 Å². The number of piperazine rings is 1. The second-order valence-corrected chi connectivity index (χ2v) is 9.30. The van der Waals surface area contributed by atoms with Crippen molar-refractivity contribution in [1.29, 1.82) is 0 Å². The van der Waals surface area contributed by atoms with Gasteiger partial charge < -0.3 is 30.7 Å². The number of amides is 1. The second kappa shape index (κ2) is 12.0. The van der Waals surface area contributed by atoms with Crippen LogP contribution in [0.1, 0.15) is 5.56 Å². The van der Waals surface area contributed by atoms with Gasteiger partial charge in [0.05, 0.1) is 13.2 Å². The number of anilines is 4. The Labute approximate surface area is 230 Å². The van der Waals surface area contributed by atoms with Crippen molar-refractivity contribution in [3.8, 4) is 11.4 Å². The summed E-state index contributed by atoms with van der Waals surface area (Å²) in [5.74, 6) is 0.194. The molecule has 0 saturated carbocycles. The van der Waals surface area contributed by atoms with Crippen LogP contribution in [-0.2, 0) is 11.4 Å². The van der Waals surface area contributed by atoms with E-state index in [-0.39, 0.29) is 36.1 Å². The highest BCUT2D eigenvalue weighted by atomic mass is 16.3. The number of hydrogen-bond acceptors (Lipinski definition) is 10. The van der Waals surface area contributed by atoms with E-state index in [4.69, 9.17) is 0 Å². The fourth-order valence-electron chi connectivity index (χ4n) is 4.64. The number of H-pyrrole nitrogens is 1. The van der Waals surface area contributed by atoms with E-state index in [0.29, 0.717) is 29.3 Å². The molecular weight excluding hydrogens is 512 g/mol. The number of hydrogen-bond donors (Lipinski definition) is 5. The van der Waals surface area contributed by atoms with Gasteiger partial charge in [-0.2, -0.15) is 4.98 Å². The van der Waals surface area contributed by atoms with Gasteiger partial charge in [-0.05, 0) is 36.4 Å². The van der Waals surface area contributed by atoms with Crippen LogP contribution in [0.2, 0.25) is 0 Å². The molecule has 0 atom stereocenters. The average Bonchev–Trinajstić information content (AvgIpc) is 2.97. The van der Waals surface area contributed by atoms with E-state index in [9.17, 15) is 19.8 Å². The number of β-amino-alcohol motifs (C(OH)–C–C–N with tert-alkyl or cyclic N) is 1. The number of carbonyl (C=O) groups is 1. The molecule has 0 spiro atoms. The molecule has 12 heteroatoms. The number of rotatable bonds is 9. The van der Waals surface area contributed by atoms with Crippen molar-refractivity contribution in [2.75, 3.05) is 54.9 Å². The molecule has 1 amide bonds. The van der Waals surface area contributed by atoms with Gasteiger partial charge in [0, 0.05) is 67.1 Å². The molecule has 5 rings (SSSR count). The molecule has 1 aliphatic heterocycles. The molecule has 4 aromatic rings. The lowest BCUT2D eigenvalue weighted by atomic mass is 10.1. The molecule has 2 aromatic carbocycles. The summed E-state index contributed by atoms with van der Waals surface area (Å²) in [5, 5.41) is 25.3. The standard InChI is InChI=1S/C28H30N8O4/c1-2-24(39)30-20-5-3-4-18(14-20)25-32-26-22(27(40)33-25)16-29-28(34-26)31-21-6-7-23(19(15-21)17-38)36-10-8-35(9-11-36)12-13-37/h2-7,14-16,37-38H,1,8-13,17H2,(H,30,39)(H2,29,31,32,33,34,40). The Morgan fingerprint density at radius 3 is 2.65 bits per heavy atom. The summed E-state index contributed by atoms with van der Waals surface area (Å²) in [6.45, 7) is 7.43. The van der Waals surface area contributed by atoms with Gasteiger partial charge in [-0.25, -0.2) is 9.97 Å². The minimum absolute atomic E-state index is 0.132. The number of nitrogens with zero attached hydrogens (tertiary/aromatic N) is 5. The van der Waals surface area contributed by atoms with Crippen LogP contribution in [0.5, 0.6) is 0 Å². The fraction of sp³-hybridized carbons (Fsp3) is 0.250. The Morgan fingerprint density at radius 1 is 1.07 bits per heavy atom. The zero-order valence-electron chi connectivity index (χ0n) is 21.8. The summed E-state index contributed by atoms with van der Waals surface area (Å²) in [6, 6.07) is 12.6. The van der Waals surface area contributed by atoms with Crippen molar-refractivity contribution in [1.82, 2.24) is 24.8 Å². The highest BCUT2D eigenvalue weighted by Crippen LogP contribution is 2.27. The smallest absolute Gasteiger partial charge is 0.262 e. The van der Waals surface area contributed by atoms with Crippen molar-refractivity contribution in [3.05, 3.63) is 77.2 Å². The lowest BCUT2D eigenvalue weighted by Crippen LogP contribution is -2.47. The minimum Gasteiger partial charge on any atom is -0.395 e. The Kier molecular flexibility index (Phi) is 8.10. The number of nitrogens with one attached hydrogen (secondary N) is 3. The maximum atomic E-state index is 12.8. The quantitative estimate of drug-likeness (QED) is 0.198. The Bertz CT molecular complexity index is 1600. The third-order valence-electron chi connectivity index (χ3n) is 6.69. The lowest BCUT2D eigenvalue weighted by Gasteiger charge is -2.36. The van der Waals surface area contributed by atoms with Gasteiger partial charge in [-0.3, -0.25) is 14.5 Å². The third-order valence-corrected chi connectivity index (χ3v) is 6.69. The molecule has 40 heavy (non-hydrogen) atoms. The van der Waals surface area contributed by atoms with E-state index in [0.717, 1.165) is 37.4 Å². The SMILES string of the molecule is C=CC(=O)Nc1cccc(-c2nc3nc(Nc4ccc(N5CCN(CCO)CC5)c(CO)c4)ncc3c(=O)[nH]2)c1. The van der Waals surface area contributed by atoms with E-state index in [1.54, 1.807) is 24.3 Å². The highest BCUT2D eigenvalue weighted by Gasteiger charge is 2.19. The van der Waals surface area contributed by atoms with Gasteiger partial charge >= 0.3 is 0 Å². The van der Waals surface area contributed by atoms with Crippen LogP contribution in [-0.4, -0.2) is 80.3 Å². The fourth-order valence-corrected chi connectivity index (χ4v) is 4.64. The molecule has 0 bridgehead atoms. The van der Waals surface area contributed by atoms with Crippen molar-refractivity contribution >= 4 is 40.0 Å². The maximum Gasteiger partial charge on any atom is 0.262 e. The van der Waals surface area contributed by atoms with Crippen molar-refractivity contribution < 1.29 is 15.0 Å². The van der Waals surface area contributed by atoms with Gasteiger partial charge in [0.25, 0.3) is 5.56 Å². The molecule has 2 aromatic heterocycles. The molecule has 12 nitrogen and oxygen atoms in total. The highest BCUT2D eigenvalue weighted by molar-refractivity contribution is 5.99. The largest absolute Gasteiger partial charge is 0.395 e. The molecule has 206 valence electrons. The van der Waals surface area contributed by atoms with Crippen LogP contribution in [0.25, 0.3) is 22.4 Å². The van der Waals surface area contributed by atoms with Crippen LogP contribution in [0.3, 0.4) is 0 Å². The van der Waals surface area contributed by atoms with Crippen LogP contribution >= 0.6 is 0 Å². The summed E-state index contributed by atoms with van der Waals surface area (Å²) in [5.41, 5.74) is 3.35. The van der Waals surface area contributed by atoms with Gasteiger partial charge in [0.15, 0.2) is 5.65 Å². The number of fused-ring (bicyclic) bond motifs is 1. The van der Waals surface area contributed by atoms with Crippen LogP contribution in [0, 0.1) is 0 Å². The molecule has 1 saturated heterocycles. The van der Waals surface area contributed by atoms with Gasteiger partial charge in [-0.15, -0.1) is 0 Å². The van der Waals surface area contributed by atoms with Crippen molar-refractivity contribution in [2.24, 2.45) is 0 Å². The van der Waals surface area contributed by atoms with Gasteiger partial charge in [0.2, 0.25) is 11.9 Å². The number of aromatic amines is 1. The normalized spacial score (nSPS) is 13.8. The van der Waals surface area contributed by atoms with Crippen molar-refractivity contribution in [2.45, 2.75) is 6.61 Å². The lowest BCUT2D eigenvalue weighted by molar-refractivity contribution is -0.111. The summed E-state index contributed by atoms with van der Waals surface area (Å²) in [4.78, 5) is 44.9. The molecular formula is C28H30N8O4. The first-order chi connectivity index (χ1) is 19.5. The van der Waals surface area contributed by atoms with E-state index >= 15 is 0 Å². The van der Waals surface area contributed by atoms with Gasteiger partial charge in [-0.1, -0.05) is 18.7 Å². The predicted octanol–water partition coefficient (Wildman–Crippen LogP) is 1.85. The first-order valence-corrected chi connectivity index (χ1v) is 12.9. The number of aromatic nitrogens is 4. The summed E-state index contributed by atoms with van der Waals surface area (Å²) < 4.78 is 0. The summed E-state index contributed by atoms with van der Waals surface area (Å²) in [7, 11) is 0. The Hall–Kier alpha value is -4.65. The minimum atomic E-state index is -0.391. The number of aliphatic hydroxyl groups is 2. The second-order valence-electron chi connectivity index (χ2n) is 9.30. The first kappa shape index (κ1) is 26.9. The molecule has 1 aliphatic rings. The van der Waals surface area contributed by atoms with Crippen LogP contribution in [0.4, 0.5) is 23.0 Å². The number of carbonyl (C=O) groups excluding carboxylic acids is 1. The van der Waals surface area contributed by atoms with E-state index in [1.807, 2.05) is 18.2 Å². The van der Waals surface area contributed by atoms with Crippen molar-refractivity contribution in [3.63, 3.8) is 0 Å². The summed E-state index contributed by atoms with van der Waals surface area (Å²) >= 11 is 0. The third kappa shape index (κ3) is 5.99. The van der Waals surface area contributed by atoms with E-state index in [2.05, 4.69) is 46.9 Å². The Morgan fingerprint density at radius 2 is 1.90 bits per heavy atom. The van der Waals surface area contributed by atoms with Crippen LogP contribution in [0.15, 0.2) is 66.1 Å². The molecule has 0 radical (unpaired) electrons. The molecule has 3 heterocycles. The van der Waals surface area contributed by atoms with E-state index in [1.165, 1.54) is 12.3 Å². The number of aliphatic hydroxyl groups excluding tert-OH is 2. The molecule has 0 unspecified atom stereocenters.